The molecule has 1 rings (SSSR count). The van der Waals surface area contributed by atoms with Gasteiger partial charge in [-0.05, 0) is 26.0 Å². The Morgan fingerprint density at radius 1 is 1.56 bits per heavy atom. The number of hydrazone groups is 1. The Balaban J connectivity index is 2.97. The third-order valence-corrected chi connectivity index (χ3v) is 1.95. The van der Waals surface area contributed by atoms with Gasteiger partial charge in [-0.1, -0.05) is 0 Å². The van der Waals surface area contributed by atoms with E-state index in [1.54, 1.807) is 13.8 Å². The summed E-state index contributed by atoms with van der Waals surface area (Å²) in [7, 11) is 0. The van der Waals surface area contributed by atoms with Gasteiger partial charge in [0.05, 0.1) is 4.92 Å². The van der Waals surface area contributed by atoms with Crippen LogP contribution in [0, 0.1) is 17.0 Å². The van der Waals surface area contributed by atoms with Crippen LogP contribution in [0.5, 0.6) is 0 Å². The predicted octanol–water partition coefficient (Wildman–Crippen LogP) is 1.64. The van der Waals surface area contributed by atoms with Crippen LogP contribution in [0.25, 0.3) is 0 Å². The van der Waals surface area contributed by atoms with Crippen LogP contribution in [0.4, 0.5) is 5.69 Å². The summed E-state index contributed by atoms with van der Waals surface area (Å²) in [6, 6.07) is 4.16. The van der Waals surface area contributed by atoms with Crippen LogP contribution in [0.2, 0.25) is 0 Å². The monoisotopic (exact) mass is 221 g/mol. The lowest BCUT2D eigenvalue weighted by molar-refractivity contribution is -0.385. The second-order valence-corrected chi connectivity index (χ2v) is 3.09. The van der Waals surface area contributed by atoms with E-state index in [1.807, 2.05) is 0 Å². The van der Waals surface area contributed by atoms with Crippen molar-refractivity contribution in [1.82, 2.24) is 5.43 Å². The Bertz CT molecular complexity index is 455. The molecule has 0 heterocycles. The van der Waals surface area contributed by atoms with E-state index in [-0.39, 0.29) is 5.69 Å². The topological polar surface area (TPSA) is 84.6 Å². The van der Waals surface area contributed by atoms with Gasteiger partial charge in [-0.25, -0.2) is 5.43 Å². The van der Waals surface area contributed by atoms with E-state index in [1.165, 1.54) is 24.4 Å². The molecule has 6 nitrogen and oxygen atoms in total. The average molecular weight is 221 g/mol. The van der Waals surface area contributed by atoms with Gasteiger partial charge < -0.3 is 0 Å². The summed E-state index contributed by atoms with van der Waals surface area (Å²) in [5, 5.41) is 14.1. The maximum Gasteiger partial charge on any atom is 0.272 e. The highest BCUT2D eigenvalue weighted by Crippen LogP contribution is 2.18. The van der Waals surface area contributed by atoms with Crippen LogP contribution in [0.1, 0.15) is 22.8 Å². The Morgan fingerprint density at radius 3 is 2.75 bits per heavy atom. The third-order valence-electron chi connectivity index (χ3n) is 1.95. The van der Waals surface area contributed by atoms with Gasteiger partial charge in [-0.3, -0.25) is 14.9 Å². The number of carbonyl (C=O) groups excluding carboxylic acids is 1. The maximum absolute atomic E-state index is 11.4. The van der Waals surface area contributed by atoms with E-state index in [4.69, 9.17) is 0 Å². The summed E-state index contributed by atoms with van der Waals surface area (Å²) in [5.41, 5.74) is 3.07. The van der Waals surface area contributed by atoms with Gasteiger partial charge >= 0.3 is 0 Å². The van der Waals surface area contributed by atoms with Crippen molar-refractivity contribution in [1.29, 1.82) is 0 Å². The highest BCUT2D eigenvalue weighted by molar-refractivity contribution is 5.94. The molecule has 0 bridgehead atoms. The lowest BCUT2D eigenvalue weighted by Crippen LogP contribution is -2.17. The molecule has 0 aliphatic heterocycles. The van der Waals surface area contributed by atoms with Crippen molar-refractivity contribution in [2.75, 3.05) is 0 Å². The minimum atomic E-state index is -0.485. The van der Waals surface area contributed by atoms with Crippen molar-refractivity contribution < 1.29 is 9.72 Å². The number of hydrogen-bond donors (Lipinski definition) is 1. The third kappa shape index (κ3) is 2.63. The van der Waals surface area contributed by atoms with E-state index >= 15 is 0 Å². The first-order chi connectivity index (χ1) is 7.56. The zero-order valence-corrected chi connectivity index (χ0v) is 8.93. The number of benzene rings is 1. The maximum atomic E-state index is 11.4. The van der Waals surface area contributed by atoms with Gasteiger partial charge in [0.25, 0.3) is 11.6 Å². The first-order valence-electron chi connectivity index (χ1n) is 4.59. The molecule has 0 aromatic heterocycles. The van der Waals surface area contributed by atoms with Gasteiger partial charge in [0.2, 0.25) is 0 Å². The molecule has 0 aliphatic rings. The molecule has 84 valence electrons. The molecule has 1 aromatic rings. The molecule has 6 heteroatoms. The van der Waals surface area contributed by atoms with E-state index in [2.05, 4.69) is 10.5 Å². The Hall–Kier alpha value is -2.24. The molecule has 0 fully saturated rings. The SMILES string of the molecule is C/C=N\NC(=O)c1ccc([N+](=O)[O-])c(C)c1. The average Bonchev–Trinajstić information content (AvgIpc) is 2.25. The molecular weight excluding hydrogens is 210 g/mol. The number of aryl methyl sites for hydroxylation is 1. The number of rotatable bonds is 3. The Morgan fingerprint density at radius 2 is 2.25 bits per heavy atom. The molecular formula is C10H11N3O3. The van der Waals surface area contributed by atoms with Crippen LogP contribution in [0.15, 0.2) is 23.3 Å². The van der Waals surface area contributed by atoms with Crippen LogP contribution >= 0.6 is 0 Å². The van der Waals surface area contributed by atoms with Crippen LogP contribution in [-0.2, 0) is 0 Å². The van der Waals surface area contributed by atoms with E-state index < -0.39 is 10.8 Å². The second kappa shape index (κ2) is 5.01. The molecule has 1 amide bonds. The second-order valence-electron chi connectivity index (χ2n) is 3.09. The first-order valence-corrected chi connectivity index (χ1v) is 4.59. The molecule has 0 unspecified atom stereocenters. The fourth-order valence-corrected chi connectivity index (χ4v) is 1.19. The lowest BCUT2D eigenvalue weighted by atomic mass is 10.1. The van der Waals surface area contributed by atoms with E-state index in [9.17, 15) is 14.9 Å². The highest BCUT2D eigenvalue weighted by Gasteiger charge is 2.13. The molecule has 0 spiro atoms. The standard InChI is InChI=1S/C10H11N3O3/c1-3-11-12-10(14)8-4-5-9(13(15)16)7(2)6-8/h3-6H,1-2H3,(H,12,14)/b11-3-. The number of hydrogen-bond acceptors (Lipinski definition) is 4. The predicted molar refractivity (Wildman–Crippen MR) is 59.5 cm³/mol. The smallest absolute Gasteiger partial charge is 0.267 e. The molecule has 1 aromatic carbocycles. The molecule has 16 heavy (non-hydrogen) atoms. The Labute approximate surface area is 92.1 Å². The van der Waals surface area contributed by atoms with Crippen molar-refractivity contribution in [2.45, 2.75) is 13.8 Å². The van der Waals surface area contributed by atoms with Gasteiger partial charge in [0.1, 0.15) is 0 Å². The van der Waals surface area contributed by atoms with Gasteiger partial charge in [0, 0.05) is 23.4 Å². The number of amides is 1. The van der Waals surface area contributed by atoms with Crippen molar-refractivity contribution in [2.24, 2.45) is 5.10 Å². The lowest BCUT2D eigenvalue weighted by Gasteiger charge is -2.01. The molecule has 0 radical (unpaired) electrons. The molecule has 0 saturated heterocycles. The van der Waals surface area contributed by atoms with Crippen LogP contribution in [-0.4, -0.2) is 17.0 Å². The highest BCUT2D eigenvalue weighted by atomic mass is 16.6. The zero-order chi connectivity index (χ0) is 12.1. The molecule has 0 aliphatic carbocycles. The quantitative estimate of drug-likeness (QED) is 0.478. The minimum Gasteiger partial charge on any atom is -0.267 e. The van der Waals surface area contributed by atoms with E-state index in [0.717, 1.165) is 0 Å². The summed E-state index contributed by atoms with van der Waals surface area (Å²) in [4.78, 5) is 21.5. The summed E-state index contributed by atoms with van der Waals surface area (Å²) in [6.07, 6.45) is 1.44. The van der Waals surface area contributed by atoms with Crippen molar-refractivity contribution in [3.05, 3.63) is 39.4 Å². The number of nitrogens with zero attached hydrogens (tertiary/aromatic N) is 2. The van der Waals surface area contributed by atoms with Crippen molar-refractivity contribution in [3.63, 3.8) is 0 Å². The Kier molecular flexibility index (Phi) is 3.71. The number of nitro groups is 1. The van der Waals surface area contributed by atoms with Gasteiger partial charge in [-0.15, -0.1) is 0 Å². The molecule has 0 atom stereocenters. The van der Waals surface area contributed by atoms with Crippen molar-refractivity contribution >= 4 is 17.8 Å². The van der Waals surface area contributed by atoms with Gasteiger partial charge in [-0.2, -0.15) is 5.10 Å². The number of nitrogens with one attached hydrogen (secondary N) is 1. The van der Waals surface area contributed by atoms with Crippen LogP contribution in [0.3, 0.4) is 0 Å². The van der Waals surface area contributed by atoms with Crippen molar-refractivity contribution in [3.8, 4) is 0 Å². The van der Waals surface area contributed by atoms with Gasteiger partial charge in [0.15, 0.2) is 0 Å². The fraction of sp³-hybridized carbons (Fsp3) is 0.200. The first kappa shape index (κ1) is 11.8. The minimum absolute atomic E-state index is 0.00413. The molecule has 0 saturated carbocycles. The number of nitro benzene ring substituents is 1. The van der Waals surface area contributed by atoms with E-state index in [0.29, 0.717) is 11.1 Å². The summed E-state index contributed by atoms with van der Waals surface area (Å²) >= 11 is 0. The normalized spacial score (nSPS) is 10.4. The summed E-state index contributed by atoms with van der Waals surface area (Å²) < 4.78 is 0. The molecule has 1 N–H and O–H groups in total. The summed E-state index contributed by atoms with van der Waals surface area (Å²) in [5.74, 6) is -0.393. The van der Waals surface area contributed by atoms with Crippen LogP contribution < -0.4 is 5.43 Å². The largest absolute Gasteiger partial charge is 0.272 e. The zero-order valence-electron chi connectivity index (χ0n) is 8.93. The number of carbonyl (C=O) groups is 1. The fourth-order valence-electron chi connectivity index (χ4n) is 1.19. The summed E-state index contributed by atoms with van der Waals surface area (Å²) in [6.45, 7) is 3.25.